The van der Waals surface area contributed by atoms with E-state index in [4.69, 9.17) is 0 Å². The standard InChI is InChI=1S/C23H33N5O2S/c1-15(2)25-22(30)24-10-18-5-7-19(8-6-18)21(29)27-23-26-20(14-31-23)13-28-11-16(3)9-17(4)12-28/h5-8,14-17H,9-13H2,1-4H3,(H2,24,25,30)(H,26,27,29). The zero-order chi connectivity index (χ0) is 22.4. The van der Waals surface area contributed by atoms with Gasteiger partial charge in [0, 0.05) is 43.2 Å². The molecule has 3 N–H and O–H groups in total. The molecule has 2 atom stereocenters. The van der Waals surface area contributed by atoms with Crippen LogP contribution in [0.5, 0.6) is 0 Å². The summed E-state index contributed by atoms with van der Waals surface area (Å²) in [5.41, 5.74) is 2.49. The van der Waals surface area contributed by atoms with Crippen molar-refractivity contribution >= 4 is 28.4 Å². The summed E-state index contributed by atoms with van der Waals surface area (Å²) in [7, 11) is 0. The van der Waals surface area contributed by atoms with E-state index in [1.54, 1.807) is 12.1 Å². The number of nitrogens with zero attached hydrogens (tertiary/aromatic N) is 2. The Hall–Kier alpha value is -2.45. The van der Waals surface area contributed by atoms with Gasteiger partial charge in [0.2, 0.25) is 0 Å². The summed E-state index contributed by atoms with van der Waals surface area (Å²) in [4.78, 5) is 31.3. The number of rotatable bonds is 7. The molecule has 2 heterocycles. The van der Waals surface area contributed by atoms with Gasteiger partial charge in [0.05, 0.1) is 5.69 Å². The molecule has 1 aromatic carbocycles. The highest BCUT2D eigenvalue weighted by Gasteiger charge is 2.22. The molecule has 1 aromatic heterocycles. The van der Waals surface area contributed by atoms with Crippen LogP contribution in [0.4, 0.5) is 9.93 Å². The first-order chi connectivity index (χ1) is 14.8. The third-order valence-corrected chi connectivity index (χ3v) is 6.00. The molecule has 168 valence electrons. The Bertz CT molecular complexity index is 870. The lowest BCUT2D eigenvalue weighted by molar-refractivity contribution is 0.102. The molecule has 1 aliphatic heterocycles. The largest absolute Gasteiger partial charge is 0.336 e. The summed E-state index contributed by atoms with van der Waals surface area (Å²) in [6.07, 6.45) is 1.29. The average Bonchev–Trinajstić information content (AvgIpc) is 3.12. The van der Waals surface area contributed by atoms with Gasteiger partial charge in [-0.3, -0.25) is 15.0 Å². The first kappa shape index (κ1) is 23.2. The number of anilines is 1. The van der Waals surface area contributed by atoms with E-state index in [1.165, 1.54) is 17.8 Å². The first-order valence-electron chi connectivity index (χ1n) is 10.9. The molecule has 3 rings (SSSR count). The highest BCUT2D eigenvalue weighted by molar-refractivity contribution is 7.13. The van der Waals surface area contributed by atoms with Gasteiger partial charge in [0.15, 0.2) is 5.13 Å². The van der Waals surface area contributed by atoms with E-state index < -0.39 is 0 Å². The van der Waals surface area contributed by atoms with Crippen molar-refractivity contribution < 1.29 is 9.59 Å². The smallest absolute Gasteiger partial charge is 0.315 e. The summed E-state index contributed by atoms with van der Waals surface area (Å²) in [5.74, 6) is 1.24. The predicted octanol–water partition coefficient (Wildman–Crippen LogP) is 4.08. The molecule has 1 saturated heterocycles. The second kappa shape index (κ2) is 10.7. The van der Waals surface area contributed by atoms with E-state index in [2.05, 4.69) is 39.7 Å². The molecule has 0 radical (unpaired) electrons. The van der Waals surface area contributed by atoms with Crippen LogP contribution in [0.15, 0.2) is 29.6 Å². The number of nitrogens with one attached hydrogen (secondary N) is 3. The quantitative estimate of drug-likeness (QED) is 0.602. The van der Waals surface area contributed by atoms with Crippen molar-refractivity contribution in [2.75, 3.05) is 18.4 Å². The molecule has 0 saturated carbocycles. The van der Waals surface area contributed by atoms with E-state index in [0.29, 0.717) is 29.1 Å². The van der Waals surface area contributed by atoms with E-state index in [0.717, 1.165) is 30.9 Å². The van der Waals surface area contributed by atoms with Gasteiger partial charge in [0.1, 0.15) is 0 Å². The lowest BCUT2D eigenvalue weighted by atomic mass is 9.92. The summed E-state index contributed by atoms with van der Waals surface area (Å²) in [6, 6.07) is 7.09. The molecular formula is C23H33N5O2S. The van der Waals surface area contributed by atoms with Crippen molar-refractivity contribution in [3.8, 4) is 0 Å². The molecule has 31 heavy (non-hydrogen) atoms. The second-order valence-electron chi connectivity index (χ2n) is 8.92. The number of amides is 3. The number of carbonyl (C=O) groups is 2. The van der Waals surface area contributed by atoms with Crippen molar-refractivity contribution in [3.05, 3.63) is 46.5 Å². The number of benzene rings is 1. The van der Waals surface area contributed by atoms with Crippen LogP contribution in [0.2, 0.25) is 0 Å². The molecule has 0 spiro atoms. The van der Waals surface area contributed by atoms with Gasteiger partial charge in [-0.05, 0) is 49.8 Å². The molecule has 0 aliphatic carbocycles. The number of urea groups is 1. The van der Waals surface area contributed by atoms with Crippen LogP contribution in [0.1, 0.15) is 55.7 Å². The maximum absolute atomic E-state index is 12.6. The Balaban J connectivity index is 1.49. The average molecular weight is 444 g/mol. The normalized spacial score (nSPS) is 19.3. The molecule has 2 unspecified atom stereocenters. The minimum atomic E-state index is -0.204. The Morgan fingerprint density at radius 3 is 2.48 bits per heavy atom. The van der Waals surface area contributed by atoms with Crippen LogP contribution in [-0.4, -0.2) is 41.0 Å². The zero-order valence-electron chi connectivity index (χ0n) is 18.8. The first-order valence-corrected chi connectivity index (χ1v) is 11.8. The maximum Gasteiger partial charge on any atom is 0.315 e. The number of aromatic nitrogens is 1. The third kappa shape index (κ3) is 7.33. The lowest BCUT2D eigenvalue weighted by Gasteiger charge is -2.34. The van der Waals surface area contributed by atoms with Crippen LogP contribution in [0, 0.1) is 11.8 Å². The number of hydrogen-bond acceptors (Lipinski definition) is 5. The highest BCUT2D eigenvalue weighted by atomic mass is 32.1. The van der Waals surface area contributed by atoms with Gasteiger partial charge in [-0.2, -0.15) is 0 Å². The Morgan fingerprint density at radius 2 is 1.84 bits per heavy atom. The van der Waals surface area contributed by atoms with Gasteiger partial charge in [-0.25, -0.2) is 9.78 Å². The molecule has 1 aliphatic rings. The SMILES string of the molecule is CC1CC(C)CN(Cc2csc(NC(=O)c3ccc(CNC(=O)NC(C)C)cc3)n2)C1. The minimum Gasteiger partial charge on any atom is -0.336 e. The van der Waals surface area contributed by atoms with Crippen molar-refractivity contribution in [2.24, 2.45) is 11.8 Å². The number of thiazole rings is 1. The van der Waals surface area contributed by atoms with E-state index >= 15 is 0 Å². The summed E-state index contributed by atoms with van der Waals surface area (Å²) < 4.78 is 0. The van der Waals surface area contributed by atoms with Crippen LogP contribution in [-0.2, 0) is 13.1 Å². The number of carbonyl (C=O) groups excluding carboxylic acids is 2. The van der Waals surface area contributed by atoms with Crippen LogP contribution < -0.4 is 16.0 Å². The fourth-order valence-electron chi connectivity index (χ4n) is 4.03. The summed E-state index contributed by atoms with van der Waals surface area (Å²) >= 11 is 1.46. The number of likely N-dealkylation sites (tertiary alicyclic amines) is 1. The van der Waals surface area contributed by atoms with E-state index in [-0.39, 0.29) is 18.0 Å². The summed E-state index contributed by atoms with van der Waals surface area (Å²) in [5, 5.41) is 11.1. The van der Waals surface area contributed by atoms with Crippen molar-refractivity contribution in [3.63, 3.8) is 0 Å². The van der Waals surface area contributed by atoms with Crippen molar-refractivity contribution in [2.45, 2.75) is 53.2 Å². The lowest BCUT2D eigenvalue weighted by Crippen LogP contribution is -2.39. The second-order valence-corrected chi connectivity index (χ2v) is 9.77. The minimum absolute atomic E-state index is 0.0874. The molecule has 8 heteroatoms. The van der Waals surface area contributed by atoms with Crippen LogP contribution in [0.3, 0.4) is 0 Å². The number of hydrogen-bond donors (Lipinski definition) is 3. The Kier molecular flexibility index (Phi) is 8.03. The maximum atomic E-state index is 12.6. The van der Waals surface area contributed by atoms with Gasteiger partial charge in [0.25, 0.3) is 5.91 Å². The van der Waals surface area contributed by atoms with Gasteiger partial charge in [-0.1, -0.05) is 26.0 Å². The molecule has 3 amide bonds. The van der Waals surface area contributed by atoms with Crippen LogP contribution >= 0.6 is 11.3 Å². The Labute approximate surface area is 188 Å². The highest BCUT2D eigenvalue weighted by Crippen LogP contribution is 2.24. The monoisotopic (exact) mass is 443 g/mol. The fourth-order valence-corrected chi connectivity index (χ4v) is 4.72. The zero-order valence-corrected chi connectivity index (χ0v) is 19.6. The third-order valence-electron chi connectivity index (χ3n) is 5.19. The fraction of sp³-hybridized carbons (Fsp3) is 0.522. The van der Waals surface area contributed by atoms with Crippen molar-refractivity contribution in [1.82, 2.24) is 20.5 Å². The Morgan fingerprint density at radius 1 is 1.16 bits per heavy atom. The predicted molar refractivity (Wildman–Crippen MR) is 125 cm³/mol. The van der Waals surface area contributed by atoms with Crippen molar-refractivity contribution in [1.29, 1.82) is 0 Å². The van der Waals surface area contributed by atoms with Gasteiger partial charge < -0.3 is 10.6 Å². The summed E-state index contributed by atoms with van der Waals surface area (Å²) in [6.45, 7) is 11.9. The molecule has 7 nitrogen and oxygen atoms in total. The molecular weight excluding hydrogens is 410 g/mol. The molecule has 0 bridgehead atoms. The molecule has 2 aromatic rings. The number of piperidine rings is 1. The van der Waals surface area contributed by atoms with E-state index in [9.17, 15) is 9.59 Å². The molecule has 1 fully saturated rings. The van der Waals surface area contributed by atoms with Gasteiger partial charge >= 0.3 is 6.03 Å². The van der Waals surface area contributed by atoms with Gasteiger partial charge in [-0.15, -0.1) is 11.3 Å². The topological polar surface area (TPSA) is 86.4 Å². The van der Waals surface area contributed by atoms with Crippen LogP contribution in [0.25, 0.3) is 0 Å². The van der Waals surface area contributed by atoms with E-state index in [1.807, 2.05) is 31.4 Å².